The standard InChI is InChI=1S/C15H13ClN2O3S/c1-10-18-13-8-11(6-7-14(13)21-10)9-17-22(19,20)15-5-3-2-4-12(15)16/h2-8,17H,9H2,1H3. The van der Waals surface area contributed by atoms with E-state index in [1.165, 1.54) is 6.07 Å². The first-order valence-corrected chi connectivity index (χ1v) is 8.42. The van der Waals surface area contributed by atoms with Gasteiger partial charge in [-0.3, -0.25) is 0 Å². The zero-order valence-corrected chi connectivity index (χ0v) is 13.3. The maximum absolute atomic E-state index is 12.3. The average molecular weight is 337 g/mol. The van der Waals surface area contributed by atoms with Crippen LogP contribution in [0.1, 0.15) is 11.5 Å². The second-order valence-corrected chi connectivity index (χ2v) is 6.93. The molecule has 0 saturated heterocycles. The topological polar surface area (TPSA) is 72.2 Å². The number of nitrogens with zero attached hydrogens (tertiary/aromatic N) is 1. The van der Waals surface area contributed by atoms with Crippen molar-refractivity contribution in [3.8, 4) is 0 Å². The maximum Gasteiger partial charge on any atom is 0.242 e. The molecule has 0 aliphatic rings. The van der Waals surface area contributed by atoms with Crippen molar-refractivity contribution in [2.75, 3.05) is 0 Å². The molecule has 7 heteroatoms. The molecule has 0 fully saturated rings. The van der Waals surface area contributed by atoms with Crippen molar-refractivity contribution < 1.29 is 12.8 Å². The van der Waals surface area contributed by atoms with Gasteiger partial charge in [0.05, 0.1) is 5.02 Å². The summed E-state index contributed by atoms with van der Waals surface area (Å²) in [5.74, 6) is 0.573. The fourth-order valence-corrected chi connectivity index (χ4v) is 3.65. The summed E-state index contributed by atoms with van der Waals surface area (Å²) < 4.78 is 32.4. The molecule has 3 rings (SSSR count). The van der Waals surface area contributed by atoms with Gasteiger partial charge in [0.2, 0.25) is 10.0 Å². The van der Waals surface area contributed by atoms with Crippen molar-refractivity contribution in [1.82, 2.24) is 9.71 Å². The van der Waals surface area contributed by atoms with Gasteiger partial charge in [0.15, 0.2) is 11.5 Å². The molecule has 0 aliphatic carbocycles. The van der Waals surface area contributed by atoms with Gasteiger partial charge in [-0.25, -0.2) is 18.1 Å². The average Bonchev–Trinajstić information content (AvgIpc) is 2.85. The second-order valence-electron chi connectivity index (χ2n) is 4.79. The van der Waals surface area contributed by atoms with E-state index in [9.17, 15) is 8.42 Å². The van der Waals surface area contributed by atoms with Crippen LogP contribution in [0.2, 0.25) is 5.02 Å². The Balaban J connectivity index is 1.82. The summed E-state index contributed by atoms with van der Waals surface area (Å²) in [5.41, 5.74) is 2.17. The molecule has 5 nitrogen and oxygen atoms in total. The highest BCUT2D eigenvalue weighted by Gasteiger charge is 2.17. The van der Waals surface area contributed by atoms with Crippen LogP contribution in [0.4, 0.5) is 0 Å². The number of sulfonamides is 1. The minimum atomic E-state index is -3.66. The van der Waals surface area contributed by atoms with E-state index < -0.39 is 10.0 Å². The third-order valence-corrected chi connectivity index (χ3v) is 5.05. The van der Waals surface area contributed by atoms with Gasteiger partial charge in [0.25, 0.3) is 0 Å². The van der Waals surface area contributed by atoms with Crippen LogP contribution < -0.4 is 4.72 Å². The van der Waals surface area contributed by atoms with Crippen LogP contribution in [0.3, 0.4) is 0 Å². The SMILES string of the molecule is Cc1nc2cc(CNS(=O)(=O)c3ccccc3Cl)ccc2o1. The van der Waals surface area contributed by atoms with Crippen LogP contribution in [-0.4, -0.2) is 13.4 Å². The van der Waals surface area contributed by atoms with Crippen LogP contribution in [0, 0.1) is 6.92 Å². The Labute approximate surface area is 133 Å². The summed E-state index contributed by atoms with van der Waals surface area (Å²) in [6.07, 6.45) is 0. The Hall–Kier alpha value is -1.89. The molecule has 2 aromatic carbocycles. The van der Waals surface area contributed by atoms with Gasteiger partial charge < -0.3 is 4.42 Å². The van der Waals surface area contributed by atoms with Crippen molar-refractivity contribution in [3.05, 3.63) is 58.9 Å². The van der Waals surface area contributed by atoms with Gasteiger partial charge >= 0.3 is 0 Å². The minimum Gasteiger partial charge on any atom is -0.441 e. The number of hydrogen-bond donors (Lipinski definition) is 1. The number of halogens is 1. The number of aromatic nitrogens is 1. The Morgan fingerprint density at radius 2 is 2.00 bits per heavy atom. The number of benzene rings is 2. The zero-order chi connectivity index (χ0) is 15.7. The third-order valence-electron chi connectivity index (χ3n) is 3.15. The first kappa shape index (κ1) is 15.0. The Bertz CT molecular complexity index is 935. The first-order valence-electron chi connectivity index (χ1n) is 6.56. The molecule has 3 aromatic rings. The Kier molecular flexibility index (Phi) is 3.90. The van der Waals surface area contributed by atoms with E-state index >= 15 is 0 Å². The van der Waals surface area contributed by atoms with E-state index in [0.29, 0.717) is 17.0 Å². The minimum absolute atomic E-state index is 0.0648. The maximum atomic E-state index is 12.3. The summed E-state index contributed by atoms with van der Waals surface area (Å²) >= 11 is 5.93. The third kappa shape index (κ3) is 2.99. The van der Waals surface area contributed by atoms with Crippen molar-refractivity contribution in [1.29, 1.82) is 0 Å². The summed E-state index contributed by atoms with van der Waals surface area (Å²) in [6, 6.07) is 11.7. The Morgan fingerprint density at radius 3 is 2.77 bits per heavy atom. The van der Waals surface area contributed by atoms with E-state index in [1.54, 1.807) is 43.3 Å². The first-order chi connectivity index (χ1) is 10.5. The van der Waals surface area contributed by atoms with Gasteiger partial charge in [-0.2, -0.15) is 0 Å². The lowest BCUT2D eigenvalue weighted by atomic mass is 10.2. The highest BCUT2D eigenvalue weighted by molar-refractivity contribution is 7.89. The molecule has 1 heterocycles. The van der Waals surface area contributed by atoms with Gasteiger partial charge in [0, 0.05) is 13.5 Å². The van der Waals surface area contributed by atoms with Crippen LogP contribution in [0.15, 0.2) is 51.8 Å². The molecule has 114 valence electrons. The lowest BCUT2D eigenvalue weighted by Crippen LogP contribution is -2.23. The van der Waals surface area contributed by atoms with Crippen LogP contribution in [0.25, 0.3) is 11.1 Å². The van der Waals surface area contributed by atoms with E-state index in [2.05, 4.69) is 9.71 Å². The van der Waals surface area contributed by atoms with E-state index in [1.807, 2.05) is 0 Å². The number of aryl methyl sites for hydroxylation is 1. The molecule has 0 bridgehead atoms. The van der Waals surface area contributed by atoms with Gasteiger partial charge in [-0.05, 0) is 29.8 Å². The Morgan fingerprint density at radius 1 is 1.23 bits per heavy atom. The molecule has 1 N–H and O–H groups in total. The predicted octanol–water partition coefficient (Wildman–Crippen LogP) is 3.27. The molecule has 0 unspecified atom stereocenters. The van der Waals surface area contributed by atoms with E-state index in [-0.39, 0.29) is 16.5 Å². The summed E-state index contributed by atoms with van der Waals surface area (Å²) in [7, 11) is -3.66. The van der Waals surface area contributed by atoms with Gasteiger partial charge in [-0.15, -0.1) is 0 Å². The molecule has 0 spiro atoms. The van der Waals surface area contributed by atoms with Crippen molar-refractivity contribution >= 4 is 32.7 Å². The normalized spacial score (nSPS) is 11.9. The predicted molar refractivity (Wildman–Crippen MR) is 84.2 cm³/mol. The van der Waals surface area contributed by atoms with Crippen LogP contribution >= 0.6 is 11.6 Å². The van der Waals surface area contributed by atoms with Crippen molar-refractivity contribution in [2.45, 2.75) is 18.4 Å². The monoisotopic (exact) mass is 336 g/mol. The highest BCUT2D eigenvalue weighted by atomic mass is 35.5. The number of hydrogen-bond acceptors (Lipinski definition) is 4. The number of nitrogens with one attached hydrogen (secondary N) is 1. The quantitative estimate of drug-likeness (QED) is 0.793. The summed E-state index contributed by atoms with van der Waals surface area (Å²) in [4.78, 5) is 4.29. The van der Waals surface area contributed by atoms with Crippen LogP contribution in [-0.2, 0) is 16.6 Å². The molecule has 1 aromatic heterocycles. The highest BCUT2D eigenvalue weighted by Crippen LogP contribution is 2.21. The summed E-state index contributed by atoms with van der Waals surface area (Å²) in [6.45, 7) is 1.91. The fraction of sp³-hybridized carbons (Fsp3) is 0.133. The van der Waals surface area contributed by atoms with Crippen LogP contribution in [0.5, 0.6) is 0 Å². The molecule has 0 saturated carbocycles. The lowest BCUT2D eigenvalue weighted by molar-refractivity contribution is 0.561. The number of oxazole rings is 1. The van der Waals surface area contributed by atoms with Crippen molar-refractivity contribution in [3.63, 3.8) is 0 Å². The molecule has 0 radical (unpaired) electrons. The molecule has 0 aliphatic heterocycles. The largest absolute Gasteiger partial charge is 0.441 e. The molecule has 0 atom stereocenters. The number of rotatable bonds is 4. The number of fused-ring (bicyclic) bond motifs is 1. The smallest absolute Gasteiger partial charge is 0.242 e. The van der Waals surface area contributed by atoms with E-state index in [4.69, 9.17) is 16.0 Å². The van der Waals surface area contributed by atoms with Gasteiger partial charge in [-0.1, -0.05) is 29.8 Å². The fourth-order valence-electron chi connectivity index (χ4n) is 2.12. The zero-order valence-electron chi connectivity index (χ0n) is 11.7. The van der Waals surface area contributed by atoms with Gasteiger partial charge in [0.1, 0.15) is 10.4 Å². The molecule has 22 heavy (non-hydrogen) atoms. The molecule has 0 amide bonds. The molecular weight excluding hydrogens is 324 g/mol. The van der Waals surface area contributed by atoms with E-state index in [0.717, 1.165) is 5.56 Å². The lowest BCUT2D eigenvalue weighted by Gasteiger charge is -2.08. The second kappa shape index (κ2) is 5.72. The summed E-state index contributed by atoms with van der Waals surface area (Å²) in [5, 5.41) is 0.192. The van der Waals surface area contributed by atoms with Crippen molar-refractivity contribution in [2.24, 2.45) is 0 Å². The molecular formula is C15H13ClN2O3S.